The Kier molecular flexibility index (Phi) is 5.15. The molecule has 0 atom stereocenters. The molecule has 1 rings (SSSR count). The number of carbonyl (C=O) groups excluding carboxylic acids is 1. The number of nitrogens with one attached hydrogen (secondary N) is 2. The second-order valence-electron chi connectivity index (χ2n) is 4.01. The first-order chi connectivity index (χ1) is 8.13. The van der Waals surface area contributed by atoms with Gasteiger partial charge in [0, 0.05) is 24.8 Å². The lowest BCUT2D eigenvalue weighted by Crippen LogP contribution is -2.32. The van der Waals surface area contributed by atoms with Crippen LogP contribution in [0.3, 0.4) is 0 Å². The van der Waals surface area contributed by atoms with Crippen LogP contribution < -0.4 is 10.6 Å². The topological polar surface area (TPSA) is 59.0 Å². The molecule has 1 aromatic heterocycles. The number of rotatable bonds is 6. The molecule has 0 unspecified atom stereocenters. The highest BCUT2D eigenvalue weighted by molar-refractivity contribution is 5.77. The molecule has 1 aromatic rings. The van der Waals surface area contributed by atoms with E-state index < -0.39 is 0 Å². The second kappa shape index (κ2) is 6.39. The largest absolute Gasteiger partial charge is 0.351 e. The zero-order valence-corrected chi connectivity index (χ0v) is 11.1. The summed E-state index contributed by atoms with van der Waals surface area (Å²) in [6, 6.07) is 0. The number of hydrogen-bond donors (Lipinski definition) is 2. The maximum atomic E-state index is 11.4. The van der Waals surface area contributed by atoms with E-state index in [1.54, 1.807) is 7.05 Å². The van der Waals surface area contributed by atoms with E-state index in [1.807, 2.05) is 11.7 Å². The predicted octanol–water partition coefficient (Wildman–Crippen LogP) is 0.381. The fraction of sp³-hybridized carbons (Fsp3) is 0.667. The lowest BCUT2D eigenvalue weighted by molar-refractivity contribution is -0.120. The number of nitrogens with zero attached hydrogens (tertiary/aromatic N) is 2. The molecule has 96 valence electrons. The number of aromatic nitrogens is 2. The van der Waals surface area contributed by atoms with Gasteiger partial charge in [-0.3, -0.25) is 9.48 Å². The molecule has 0 bridgehead atoms. The Morgan fingerprint density at radius 1 is 1.35 bits per heavy atom. The van der Waals surface area contributed by atoms with Crippen LogP contribution >= 0.6 is 0 Å². The maximum Gasteiger partial charge on any atom is 0.234 e. The van der Waals surface area contributed by atoms with Crippen molar-refractivity contribution in [1.82, 2.24) is 20.4 Å². The summed E-state index contributed by atoms with van der Waals surface area (Å²) in [4.78, 5) is 11.4. The summed E-state index contributed by atoms with van der Waals surface area (Å²) in [5.41, 5.74) is 3.45. The lowest BCUT2D eigenvalue weighted by atomic mass is 10.1. The standard InChI is InChI=1S/C12H22N4O/c1-5-10-9(7-14-12(17)8-13-3)11(6-2)16(4)15-10/h13H,5-8H2,1-4H3,(H,14,17). The van der Waals surface area contributed by atoms with Crippen molar-refractivity contribution in [2.24, 2.45) is 7.05 Å². The van der Waals surface area contributed by atoms with Crippen molar-refractivity contribution in [1.29, 1.82) is 0 Å². The Balaban J connectivity index is 2.78. The average Bonchev–Trinajstić information content (AvgIpc) is 2.62. The zero-order chi connectivity index (χ0) is 12.8. The third kappa shape index (κ3) is 3.30. The molecule has 1 heterocycles. The molecule has 5 nitrogen and oxygen atoms in total. The SMILES string of the molecule is CCc1nn(C)c(CC)c1CNC(=O)CNC. The van der Waals surface area contributed by atoms with Gasteiger partial charge < -0.3 is 10.6 Å². The van der Waals surface area contributed by atoms with Crippen molar-refractivity contribution >= 4 is 5.91 Å². The number of likely N-dealkylation sites (N-methyl/N-ethyl adjacent to an activating group) is 1. The van der Waals surface area contributed by atoms with E-state index in [4.69, 9.17) is 0 Å². The normalized spacial score (nSPS) is 10.6. The molecular weight excluding hydrogens is 216 g/mol. The molecule has 2 N–H and O–H groups in total. The smallest absolute Gasteiger partial charge is 0.234 e. The van der Waals surface area contributed by atoms with Gasteiger partial charge in [-0.1, -0.05) is 13.8 Å². The summed E-state index contributed by atoms with van der Waals surface area (Å²) in [7, 11) is 3.72. The predicted molar refractivity (Wildman–Crippen MR) is 67.7 cm³/mol. The summed E-state index contributed by atoms with van der Waals surface area (Å²) in [5.74, 6) is 0.0143. The van der Waals surface area contributed by atoms with E-state index in [-0.39, 0.29) is 5.91 Å². The van der Waals surface area contributed by atoms with E-state index in [0.717, 1.165) is 18.5 Å². The van der Waals surface area contributed by atoms with Gasteiger partial charge >= 0.3 is 0 Å². The number of hydrogen-bond acceptors (Lipinski definition) is 3. The molecule has 1 amide bonds. The number of carbonyl (C=O) groups is 1. The fourth-order valence-electron chi connectivity index (χ4n) is 2.00. The first-order valence-electron chi connectivity index (χ1n) is 6.08. The zero-order valence-electron chi connectivity index (χ0n) is 11.1. The molecule has 0 aliphatic carbocycles. The molecule has 0 aliphatic rings. The maximum absolute atomic E-state index is 11.4. The van der Waals surface area contributed by atoms with Gasteiger partial charge in [-0.15, -0.1) is 0 Å². The third-order valence-electron chi connectivity index (χ3n) is 2.83. The van der Waals surface area contributed by atoms with Gasteiger partial charge in [-0.25, -0.2) is 0 Å². The molecule has 0 aliphatic heterocycles. The van der Waals surface area contributed by atoms with Crippen molar-refractivity contribution in [2.75, 3.05) is 13.6 Å². The minimum absolute atomic E-state index is 0.0143. The van der Waals surface area contributed by atoms with Crippen molar-refractivity contribution < 1.29 is 4.79 Å². The quantitative estimate of drug-likeness (QED) is 0.753. The van der Waals surface area contributed by atoms with Crippen LogP contribution in [0, 0.1) is 0 Å². The van der Waals surface area contributed by atoms with Crippen LogP contribution in [-0.4, -0.2) is 29.3 Å². The van der Waals surface area contributed by atoms with E-state index in [1.165, 1.54) is 11.3 Å². The molecule has 0 radical (unpaired) electrons. The molecule has 0 aromatic carbocycles. The molecule has 17 heavy (non-hydrogen) atoms. The van der Waals surface area contributed by atoms with E-state index in [9.17, 15) is 4.79 Å². The summed E-state index contributed by atoms with van der Waals surface area (Å²) in [5, 5.41) is 10.2. The van der Waals surface area contributed by atoms with Gasteiger partial charge in [0.15, 0.2) is 0 Å². The van der Waals surface area contributed by atoms with E-state index in [2.05, 4.69) is 29.6 Å². The van der Waals surface area contributed by atoms with E-state index >= 15 is 0 Å². The summed E-state index contributed by atoms with van der Waals surface area (Å²) >= 11 is 0. The van der Waals surface area contributed by atoms with Crippen molar-refractivity contribution in [2.45, 2.75) is 33.2 Å². The third-order valence-corrected chi connectivity index (χ3v) is 2.83. The van der Waals surface area contributed by atoms with Gasteiger partial charge in [0.05, 0.1) is 12.2 Å². The van der Waals surface area contributed by atoms with Gasteiger partial charge in [-0.2, -0.15) is 5.10 Å². The van der Waals surface area contributed by atoms with Gasteiger partial charge in [0.2, 0.25) is 5.91 Å². The van der Waals surface area contributed by atoms with Crippen LogP contribution in [0.25, 0.3) is 0 Å². The molecule has 0 saturated heterocycles. The van der Waals surface area contributed by atoms with Crippen molar-refractivity contribution in [3.8, 4) is 0 Å². The Bertz CT molecular complexity index is 384. The van der Waals surface area contributed by atoms with Crippen molar-refractivity contribution in [3.63, 3.8) is 0 Å². The Morgan fingerprint density at radius 2 is 2.06 bits per heavy atom. The Morgan fingerprint density at radius 3 is 2.59 bits per heavy atom. The molecule has 0 saturated carbocycles. The number of aryl methyl sites for hydroxylation is 2. The van der Waals surface area contributed by atoms with Crippen LogP contribution in [0.15, 0.2) is 0 Å². The van der Waals surface area contributed by atoms with Gasteiger partial charge in [-0.05, 0) is 19.9 Å². The summed E-state index contributed by atoms with van der Waals surface area (Å²) in [6.07, 6.45) is 1.83. The first kappa shape index (κ1) is 13.7. The fourth-order valence-corrected chi connectivity index (χ4v) is 2.00. The highest BCUT2D eigenvalue weighted by Gasteiger charge is 2.13. The molecule has 0 spiro atoms. The van der Waals surface area contributed by atoms with Gasteiger partial charge in [0.25, 0.3) is 0 Å². The molecule has 0 fully saturated rings. The first-order valence-corrected chi connectivity index (χ1v) is 6.08. The van der Waals surface area contributed by atoms with Crippen LogP contribution in [-0.2, 0) is 31.2 Å². The summed E-state index contributed by atoms with van der Waals surface area (Å²) < 4.78 is 1.92. The molecular formula is C12H22N4O. The van der Waals surface area contributed by atoms with Crippen molar-refractivity contribution in [3.05, 3.63) is 17.0 Å². The van der Waals surface area contributed by atoms with Crippen LogP contribution in [0.5, 0.6) is 0 Å². The Hall–Kier alpha value is -1.36. The number of amides is 1. The van der Waals surface area contributed by atoms with Crippen LogP contribution in [0.4, 0.5) is 0 Å². The van der Waals surface area contributed by atoms with Crippen LogP contribution in [0.2, 0.25) is 0 Å². The highest BCUT2D eigenvalue weighted by Crippen LogP contribution is 2.14. The summed E-state index contributed by atoms with van der Waals surface area (Å²) in [6.45, 7) is 5.11. The second-order valence-corrected chi connectivity index (χ2v) is 4.01. The Labute approximate surface area is 103 Å². The molecule has 5 heteroatoms. The minimum atomic E-state index is 0.0143. The van der Waals surface area contributed by atoms with Gasteiger partial charge in [0.1, 0.15) is 0 Å². The van der Waals surface area contributed by atoms with E-state index in [0.29, 0.717) is 13.1 Å². The lowest BCUT2D eigenvalue weighted by Gasteiger charge is -2.07. The van der Waals surface area contributed by atoms with Crippen LogP contribution in [0.1, 0.15) is 30.8 Å². The minimum Gasteiger partial charge on any atom is -0.351 e. The monoisotopic (exact) mass is 238 g/mol. The highest BCUT2D eigenvalue weighted by atomic mass is 16.1. The average molecular weight is 238 g/mol.